The summed E-state index contributed by atoms with van der Waals surface area (Å²) < 4.78 is 5.02. The van der Waals surface area contributed by atoms with Crippen molar-refractivity contribution in [1.29, 1.82) is 5.26 Å². The van der Waals surface area contributed by atoms with Crippen LogP contribution in [0.4, 0.5) is 0 Å². The Bertz CT molecular complexity index is 302. The Morgan fingerprint density at radius 3 is 2.54 bits per heavy atom. The first-order chi connectivity index (χ1) is 6.26. The fourth-order valence-corrected chi connectivity index (χ4v) is 1.39. The highest BCUT2D eigenvalue weighted by Gasteiger charge is 2.02. The monoisotopic (exact) mass is 239 g/mol. The van der Waals surface area contributed by atoms with Crippen LogP contribution in [0, 0.1) is 11.3 Å². The number of rotatable bonds is 3. The van der Waals surface area contributed by atoms with Crippen LogP contribution in [-0.4, -0.2) is 11.9 Å². The van der Waals surface area contributed by atoms with Crippen molar-refractivity contribution in [2.45, 2.75) is 11.2 Å². The quantitative estimate of drug-likeness (QED) is 0.760. The average molecular weight is 240 g/mol. The van der Waals surface area contributed by atoms with E-state index in [1.807, 2.05) is 24.3 Å². The molecule has 0 fully saturated rings. The third-order valence-electron chi connectivity index (χ3n) is 1.71. The topological polar surface area (TPSA) is 33.0 Å². The zero-order chi connectivity index (χ0) is 9.68. The van der Waals surface area contributed by atoms with Crippen LogP contribution >= 0.6 is 15.9 Å². The second kappa shape index (κ2) is 4.88. The van der Waals surface area contributed by atoms with Crippen molar-refractivity contribution in [2.24, 2.45) is 0 Å². The van der Waals surface area contributed by atoms with Gasteiger partial charge >= 0.3 is 0 Å². The van der Waals surface area contributed by atoms with Crippen molar-refractivity contribution in [2.75, 3.05) is 7.11 Å². The Labute approximate surface area is 86.3 Å². The van der Waals surface area contributed by atoms with Crippen LogP contribution in [0.3, 0.4) is 0 Å². The fraction of sp³-hybridized carbons (Fsp3) is 0.300. The molecule has 1 aromatic rings. The van der Waals surface area contributed by atoms with E-state index < -0.39 is 0 Å². The van der Waals surface area contributed by atoms with E-state index >= 15 is 0 Å². The molecule has 0 saturated carbocycles. The van der Waals surface area contributed by atoms with Crippen molar-refractivity contribution in [3.63, 3.8) is 0 Å². The van der Waals surface area contributed by atoms with E-state index in [-0.39, 0.29) is 4.83 Å². The first kappa shape index (κ1) is 10.1. The molecule has 1 rings (SSSR count). The van der Waals surface area contributed by atoms with E-state index in [9.17, 15) is 0 Å². The lowest BCUT2D eigenvalue weighted by Gasteiger charge is -2.03. The minimum Gasteiger partial charge on any atom is -0.497 e. The molecule has 1 atom stereocenters. The molecule has 0 saturated heterocycles. The van der Waals surface area contributed by atoms with Gasteiger partial charge in [-0.05, 0) is 24.1 Å². The molecular formula is C10H10BrNO. The highest BCUT2D eigenvalue weighted by Crippen LogP contribution is 2.14. The summed E-state index contributed by atoms with van der Waals surface area (Å²) in [5.74, 6) is 0.840. The Kier molecular flexibility index (Phi) is 3.78. The van der Waals surface area contributed by atoms with Gasteiger partial charge in [0.05, 0.1) is 13.2 Å². The van der Waals surface area contributed by atoms with Gasteiger partial charge in [0.15, 0.2) is 0 Å². The molecule has 13 heavy (non-hydrogen) atoms. The molecule has 0 aliphatic rings. The molecular weight excluding hydrogens is 230 g/mol. The van der Waals surface area contributed by atoms with Crippen molar-refractivity contribution in [3.05, 3.63) is 29.8 Å². The van der Waals surface area contributed by atoms with Crippen LogP contribution in [0.15, 0.2) is 24.3 Å². The Hall–Kier alpha value is -1.01. The first-order valence-electron chi connectivity index (χ1n) is 3.93. The van der Waals surface area contributed by atoms with Crippen molar-refractivity contribution < 1.29 is 4.74 Å². The molecule has 0 aromatic heterocycles. The van der Waals surface area contributed by atoms with Gasteiger partial charge in [0, 0.05) is 0 Å². The summed E-state index contributed by atoms with van der Waals surface area (Å²) >= 11 is 3.26. The normalized spacial score (nSPS) is 11.8. The van der Waals surface area contributed by atoms with Gasteiger partial charge in [-0.2, -0.15) is 5.26 Å². The van der Waals surface area contributed by atoms with Crippen LogP contribution in [0.5, 0.6) is 5.75 Å². The zero-order valence-electron chi connectivity index (χ0n) is 7.33. The lowest BCUT2D eigenvalue weighted by Crippen LogP contribution is -1.98. The van der Waals surface area contributed by atoms with Gasteiger partial charge in [0.25, 0.3) is 0 Å². The number of hydrogen-bond donors (Lipinski definition) is 0. The van der Waals surface area contributed by atoms with Gasteiger partial charge in [0.2, 0.25) is 0 Å². The number of ether oxygens (including phenoxy) is 1. The summed E-state index contributed by atoms with van der Waals surface area (Å²) in [6.45, 7) is 0. The van der Waals surface area contributed by atoms with E-state index in [2.05, 4.69) is 22.0 Å². The SMILES string of the molecule is COc1ccc(CC(Br)C#N)cc1. The van der Waals surface area contributed by atoms with E-state index in [0.29, 0.717) is 0 Å². The molecule has 2 nitrogen and oxygen atoms in total. The standard InChI is InChI=1S/C10H10BrNO/c1-13-10-4-2-8(3-5-10)6-9(11)7-12/h2-5,9H,6H2,1H3. The molecule has 0 aliphatic carbocycles. The molecule has 0 amide bonds. The maximum atomic E-state index is 8.58. The number of nitriles is 1. The Morgan fingerprint density at radius 1 is 1.46 bits per heavy atom. The lowest BCUT2D eigenvalue weighted by molar-refractivity contribution is 0.414. The third kappa shape index (κ3) is 3.08. The average Bonchev–Trinajstić information content (AvgIpc) is 2.19. The summed E-state index contributed by atoms with van der Waals surface area (Å²) in [7, 11) is 1.64. The minimum absolute atomic E-state index is 0.110. The zero-order valence-corrected chi connectivity index (χ0v) is 8.91. The summed E-state index contributed by atoms with van der Waals surface area (Å²) in [5, 5.41) is 8.58. The van der Waals surface area contributed by atoms with Gasteiger partial charge in [-0.3, -0.25) is 0 Å². The molecule has 1 aromatic carbocycles. The molecule has 0 N–H and O–H groups in total. The van der Waals surface area contributed by atoms with Gasteiger partial charge in [-0.25, -0.2) is 0 Å². The van der Waals surface area contributed by atoms with Crippen LogP contribution in [0.1, 0.15) is 5.56 Å². The summed E-state index contributed by atoms with van der Waals surface area (Å²) in [4.78, 5) is -0.110. The second-order valence-electron chi connectivity index (χ2n) is 2.65. The predicted octanol–water partition coefficient (Wildman–Crippen LogP) is 2.52. The van der Waals surface area contributed by atoms with Gasteiger partial charge < -0.3 is 4.74 Å². The lowest BCUT2D eigenvalue weighted by atomic mass is 10.1. The first-order valence-corrected chi connectivity index (χ1v) is 4.84. The van der Waals surface area contributed by atoms with Crippen molar-refractivity contribution in [1.82, 2.24) is 0 Å². The van der Waals surface area contributed by atoms with Gasteiger partial charge in [0.1, 0.15) is 10.6 Å². The van der Waals surface area contributed by atoms with E-state index in [1.54, 1.807) is 7.11 Å². The Morgan fingerprint density at radius 2 is 2.08 bits per heavy atom. The van der Waals surface area contributed by atoms with E-state index in [1.165, 1.54) is 0 Å². The molecule has 3 heteroatoms. The molecule has 0 heterocycles. The van der Waals surface area contributed by atoms with Gasteiger partial charge in [-0.1, -0.05) is 28.1 Å². The minimum atomic E-state index is -0.110. The number of methoxy groups -OCH3 is 1. The largest absolute Gasteiger partial charge is 0.497 e. The van der Waals surface area contributed by atoms with Crippen LogP contribution in [-0.2, 0) is 6.42 Å². The molecule has 68 valence electrons. The summed E-state index contributed by atoms with van der Waals surface area (Å²) in [6.07, 6.45) is 0.723. The number of nitrogens with zero attached hydrogens (tertiary/aromatic N) is 1. The smallest absolute Gasteiger partial charge is 0.118 e. The summed E-state index contributed by atoms with van der Waals surface area (Å²) in [6, 6.07) is 9.84. The molecule has 0 bridgehead atoms. The van der Waals surface area contributed by atoms with E-state index in [4.69, 9.17) is 10.00 Å². The Balaban J connectivity index is 2.65. The number of benzene rings is 1. The highest BCUT2D eigenvalue weighted by atomic mass is 79.9. The number of halogens is 1. The second-order valence-corrected chi connectivity index (χ2v) is 3.75. The number of alkyl halides is 1. The van der Waals surface area contributed by atoms with Crippen molar-refractivity contribution in [3.8, 4) is 11.8 Å². The fourth-order valence-electron chi connectivity index (χ4n) is 1.01. The number of hydrogen-bond acceptors (Lipinski definition) is 2. The van der Waals surface area contributed by atoms with Crippen LogP contribution < -0.4 is 4.74 Å². The van der Waals surface area contributed by atoms with Gasteiger partial charge in [-0.15, -0.1) is 0 Å². The van der Waals surface area contributed by atoms with Crippen LogP contribution in [0.2, 0.25) is 0 Å². The molecule has 0 aliphatic heterocycles. The maximum absolute atomic E-state index is 8.58. The van der Waals surface area contributed by atoms with Crippen LogP contribution in [0.25, 0.3) is 0 Å². The molecule has 1 unspecified atom stereocenters. The molecule has 0 radical (unpaired) electrons. The maximum Gasteiger partial charge on any atom is 0.118 e. The third-order valence-corrected chi connectivity index (χ3v) is 2.24. The molecule has 0 spiro atoms. The highest BCUT2D eigenvalue weighted by molar-refractivity contribution is 9.09. The van der Waals surface area contributed by atoms with Crippen molar-refractivity contribution >= 4 is 15.9 Å². The summed E-state index contributed by atoms with van der Waals surface area (Å²) in [5.41, 5.74) is 1.13. The van der Waals surface area contributed by atoms with E-state index in [0.717, 1.165) is 17.7 Å². The predicted molar refractivity (Wildman–Crippen MR) is 55.0 cm³/mol.